The summed E-state index contributed by atoms with van der Waals surface area (Å²) in [5.74, 6) is 0. The minimum atomic E-state index is 0. The Morgan fingerprint density at radius 2 is 1.29 bits per heavy atom. The maximum absolute atomic E-state index is 6.39. The molecule has 0 N–H and O–H groups in total. The fraction of sp³-hybridized carbons (Fsp3) is 0.122. The summed E-state index contributed by atoms with van der Waals surface area (Å²) in [6.45, 7) is 10.4. The monoisotopic (exact) mass is 761 g/mol. The standard InChI is InChI=1S/C27H18NO.C14H14N.Ir/c1-16-12-25(28-15-17(16)2)22-9-5-8-21-24-13-19-11-10-18-6-3-4-7-20(18)23(19)14-26(24)29-27(21)22;1-10-4-6-13(7-5-10)14-8-11(2)12(3)9-15-14;/h3-8,10-15H,1-2H3;4-6,8-9H,1-3H3;/q2*-1;. The number of aromatic nitrogens is 2. The van der Waals surface area contributed by atoms with Crippen molar-refractivity contribution in [1.82, 2.24) is 9.97 Å². The maximum atomic E-state index is 6.39. The third kappa shape index (κ3) is 5.80. The number of furan rings is 1. The number of aryl methyl sites for hydroxylation is 5. The Kier molecular flexibility index (Phi) is 8.38. The largest absolute Gasteiger partial charge is 0.501 e. The summed E-state index contributed by atoms with van der Waals surface area (Å²) in [4.78, 5) is 9.04. The van der Waals surface area contributed by atoms with Gasteiger partial charge in [0.05, 0.1) is 5.58 Å². The van der Waals surface area contributed by atoms with E-state index in [4.69, 9.17) is 4.42 Å². The van der Waals surface area contributed by atoms with Gasteiger partial charge in [0.15, 0.2) is 0 Å². The zero-order valence-electron chi connectivity index (χ0n) is 26.0. The minimum Gasteiger partial charge on any atom is -0.501 e. The molecule has 0 amide bonds. The molecule has 3 nitrogen and oxygen atoms in total. The molecule has 1 radical (unpaired) electrons. The summed E-state index contributed by atoms with van der Waals surface area (Å²) in [5, 5.41) is 7.14. The molecule has 0 aliphatic carbocycles. The summed E-state index contributed by atoms with van der Waals surface area (Å²) in [6.07, 6.45) is 3.83. The van der Waals surface area contributed by atoms with Crippen LogP contribution in [0.2, 0.25) is 0 Å². The second-order valence-corrected chi connectivity index (χ2v) is 11.6. The van der Waals surface area contributed by atoms with Crippen LogP contribution < -0.4 is 0 Å². The molecule has 8 aromatic rings. The first kappa shape index (κ1) is 30.4. The van der Waals surface area contributed by atoms with Crippen LogP contribution in [0.3, 0.4) is 0 Å². The summed E-state index contributed by atoms with van der Waals surface area (Å²) < 4.78 is 6.39. The van der Waals surface area contributed by atoms with Gasteiger partial charge in [0.1, 0.15) is 5.58 Å². The van der Waals surface area contributed by atoms with Gasteiger partial charge in [-0.05, 0) is 83.9 Å². The zero-order chi connectivity index (χ0) is 30.4. The van der Waals surface area contributed by atoms with E-state index in [0.717, 1.165) is 44.5 Å². The van der Waals surface area contributed by atoms with E-state index < -0.39 is 0 Å². The Labute approximate surface area is 277 Å². The van der Waals surface area contributed by atoms with Gasteiger partial charge in [-0.15, -0.1) is 53.6 Å². The Bertz CT molecular complexity index is 2330. The molecule has 0 bridgehead atoms. The minimum absolute atomic E-state index is 0. The molecule has 45 heavy (non-hydrogen) atoms. The Morgan fingerprint density at radius 3 is 2.02 bits per heavy atom. The molecule has 0 saturated heterocycles. The van der Waals surface area contributed by atoms with Gasteiger partial charge >= 0.3 is 0 Å². The van der Waals surface area contributed by atoms with Crippen molar-refractivity contribution in [3.8, 4) is 22.5 Å². The van der Waals surface area contributed by atoms with Gasteiger partial charge in [-0.3, -0.25) is 0 Å². The molecule has 0 fully saturated rings. The predicted octanol–water partition coefficient (Wildman–Crippen LogP) is 10.8. The van der Waals surface area contributed by atoms with Crippen molar-refractivity contribution in [2.75, 3.05) is 0 Å². The number of nitrogens with zero attached hydrogens (tertiary/aromatic N) is 2. The predicted molar refractivity (Wildman–Crippen MR) is 183 cm³/mol. The van der Waals surface area contributed by atoms with Gasteiger partial charge in [0, 0.05) is 37.9 Å². The van der Waals surface area contributed by atoms with Crippen LogP contribution >= 0.6 is 0 Å². The van der Waals surface area contributed by atoms with Crippen molar-refractivity contribution < 1.29 is 24.5 Å². The number of rotatable bonds is 2. The first-order valence-corrected chi connectivity index (χ1v) is 14.9. The molecular formula is C41H32IrN2O-2. The first-order valence-electron chi connectivity index (χ1n) is 14.9. The van der Waals surface area contributed by atoms with E-state index >= 15 is 0 Å². The van der Waals surface area contributed by atoms with Crippen LogP contribution in [0.5, 0.6) is 0 Å². The van der Waals surface area contributed by atoms with Crippen molar-refractivity contribution in [3.63, 3.8) is 0 Å². The van der Waals surface area contributed by atoms with E-state index in [1.165, 1.54) is 49.4 Å². The number of benzene rings is 5. The molecule has 0 aliphatic heterocycles. The summed E-state index contributed by atoms with van der Waals surface area (Å²) in [7, 11) is 0. The molecule has 4 heteroatoms. The van der Waals surface area contributed by atoms with Crippen molar-refractivity contribution in [2.45, 2.75) is 34.6 Å². The summed E-state index contributed by atoms with van der Waals surface area (Å²) in [5.41, 5.74) is 11.7. The van der Waals surface area contributed by atoms with Crippen LogP contribution in [0.4, 0.5) is 0 Å². The van der Waals surface area contributed by atoms with Gasteiger partial charge in [-0.1, -0.05) is 77.5 Å². The summed E-state index contributed by atoms with van der Waals surface area (Å²) in [6, 6.07) is 38.3. The topological polar surface area (TPSA) is 38.9 Å². The molecule has 0 saturated carbocycles. The second kappa shape index (κ2) is 12.4. The fourth-order valence-corrected chi connectivity index (χ4v) is 5.63. The number of pyridine rings is 2. The number of fused-ring (bicyclic) bond motifs is 6. The average Bonchev–Trinajstić information content (AvgIpc) is 3.41. The van der Waals surface area contributed by atoms with E-state index in [-0.39, 0.29) is 20.1 Å². The normalized spacial score (nSPS) is 11.0. The molecule has 8 rings (SSSR count). The van der Waals surface area contributed by atoms with Gasteiger partial charge in [0.25, 0.3) is 0 Å². The van der Waals surface area contributed by atoms with E-state index in [0.29, 0.717) is 0 Å². The van der Waals surface area contributed by atoms with Gasteiger partial charge < -0.3 is 14.4 Å². The van der Waals surface area contributed by atoms with Gasteiger partial charge in [0.2, 0.25) is 0 Å². The Hall–Kier alpha value is -4.63. The summed E-state index contributed by atoms with van der Waals surface area (Å²) >= 11 is 0. The van der Waals surface area contributed by atoms with Crippen LogP contribution in [-0.4, -0.2) is 9.97 Å². The Morgan fingerprint density at radius 1 is 0.578 bits per heavy atom. The van der Waals surface area contributed by atoms with E-state index in [1.807, 2.05) is 24.5 Å². The molecule has 0 aliphatic rings. The van der Waals surface area contributed by atoms with Crippen LogP contribution in [0, 0.1) is 46.8 Å². The molecule has 3 heterocycles. The van der Waals surface area contributed by atoms with Crippen LogP contribution in [0.15, 0.2) is 108 Å². The zero-order valence-corrected chi connectivity index (χ0v) is 28.3. The number of hydrogen-bond donors (Lipinski definition) is 0. The van der Waals surface area contributed by atoms with Crippen molar-refractivity contribution >= 4 is 43.5 Å². The van der Waals surface area contributed by atoms with E-state index in [9.17, 15) is 0 Å². The molecule has 5 aromatic carbocycles. The van der Waals surface area contributed by atoms with Gasteiger partial charge in [-0.2, -0.15) is 0 Å². The van der Waals surface area contributed by atoms with Crippen LogP contribution in [0.1, 0.15) is 27.8 Å². The fourth-order valence-electron chi connectivity index (χ4n) is 5.63. The third-order valence-electron chi connectivity index (χ3n) is 8.54. The molecule has 223 valence electrons. The van der Waals surface area contributed by atoms with Crippen molar-refractivity contribution in [1.29, 1.82) is 0 Å². The van der Waals surface area contributed by atoms with Gasteiger partial charge in [-0.25, -0.2) is 0 Å². The second-order valence-electron chi connectivity index (χ2n) is 11.6. The molecule has 3 aromatic heterocycles. The quantitative estimate of drug-likeness (QED) is 0.130. The molecule has 0 atom stereocenters. The Balaban J connectivity index is 0.000000190. The van der Waals surface area contributed by atoms with E-state index in [1.54, 1.807) is 0 Å². The maximum Gasteiger partial charge on any atom is 0.121 e. The van der Waals surface area contributed by atoms with Crippen molar-refractivity contribution in [2.24, 2.45) is 0 Å². The molecule has 0 spiro atoms. The third-order valence-corrected chi connectivity index (χ3v) is 8.54. The van der Waals surface area contributed by atoms with E-state index in [2.05, 4.69) is 136 Å². The first-order chi connectivity index (χ1) is 21.4. The van der Waals surface area contributed by atoms with Crippen molar-refractivity contribution in [3.05, 3.63) is 143 Å². The van der Waals surface area contributed by atoms with Crippen LogP contribution in [0.25, 0.3) is 66.0 Å². The SMILES string of the molecule is Cc1c[c-]c(-c2cc(C)c(C)cn2)cc1.Cc1cnc(-c2[c-]ccc3c2oc2cc4c(ccc5ccccc54)cc23)cc1C.[Ir]. The van der Waals surface area contributed by atoms with Crippen LogP contribution in [-0.2, 0) is 20.1 Å². The molecule has 0 unspecified atom stereocenters. The smallest absolute Gasteiger partial charge is 0.121 e. The molecular weight excluding hydrogens is 729 g/mol. The average molecular weight is 761 g/mol. The number of hydrogen-bond acceptors (Lipinski definition) is 3.